The number of carbonyl (C=O) groups is 2. The number of nitrogens with one attached hydrogen (secondary N) is 1. The number of carbonyl (C=O) groups excluding carboxylic acids is 2. The number of amides is 2. The molecule has 0 radical (unpaired) electrons. The topological polar surface area (TPSA) is 67.9 Å². The third-order valence-electron chi connectivity index (χ3n) is 5.44. The number of hydrogen-bond acceptors (Lipinski definition) is 4. The first-order chi connectivity index (χ1) is 15.8. The van der Waals surface area contributed by atoms with Gasteiger partial charge in [0.2, 0.25) is 0 Å². The number of halogens is 2. The molecule has 1 unspecified atom stereocenters. The van der Waals surface area contributed by atoms with Crippen molar-refractivity contribution in [2.24, 2.45) is 0 Å². The summed E-state index contributed by atoms with van der Waals surface area (Å²) in [5.74, 6) is 0.214. The van der Waals surface area contributed by atoms with Crippen molar-refractivity contribution in [2.75, 3.05) is 19.8 Å². The molecule has 0 spiro atoms. The summed E-state index contributed by atoms with van der Waals surface area (Å²) in [4.78, 5) is 27.6. The molecule has 0 fully saturated rings. The Kier molecular flexibility index (Phi) is 8.27. The first kappa shape index (κ1) is 24.9. The molecule has 176 valence electrons. The van der Waals surface area contributed by atoms with Gasteiger partial charge in [-0.1, -0.05) is 61.3 Å². The third kappa shape index (κ3) is 5.63. The molecule has 0 saturated carbocycles. The summed E-state index contributed by atoms with van der Waals surface area (Å²) in [5.41, 5.74) is 2.70. The Hall–Kier alpha value is -2.70. The molecule has 0 saturated heterocycles. The fraction of sp³-hybridized carbons (Fsp3) is 0.360. The van der Waals surface area contributed by atoms with Crippen LogP contribution in [-0.4, -0.2) is 36.7 Å². The van der Waals surface area contributed by atoms with E-state index in [1.165, 1.54) is 4.90 Å². The Balaban J connectivity index is 2.07. The molecular formula is C25H28Cl2N2O4. The van der Waals surface area contributed by atoms with Crippen molar-refractivity contribution >= 4 is 35.2 Å². The van der Waals surface area contributed by atoms with Crippen LogP contribution in [0, 0.1) is 0 Å². The highest BCUT2D eigenvalue weighted by atomic mass is 35.5. The van der Waals surface area contributed by atoms with Crippen molar-refractivity contribution in [3.05, 3.63) is 74.9 Å². The van der Waals surface area contributed by atoms with Gasteiger partial charge < -0.3 is 14.8 Å². The maximum Gasteiger partial charge on any atom is 0.338 e. The van der Waals surface area contributed by atoms with Gasteiger partial charge in [0, 0.05) is 17.6 Å². The second-order valence-electron chi connectivity index (χ2n) is 7.89. The largest absolute Gasteiger partial charge is 0.486 e. The number of esters is 1. The van der Waals surface area contributed by atoms with Crippen LogP contribution >= 0.6 is 23.2 Å². The van der Waals surface area contributed by atoms with Gasteiger partial charge in [-0.2, -0.15) is 0 Å². The number of hydrogen-bond donors (Lipinski definition) is 1. The molecule has 2 aromatic carbocycles. The lowest BCUT2D eigenvalue weighted by Crippen LogP contribution is -2.49. The number of urea groups is 1. The SMILES string of the molecule is CCOC(=O)C1=C(COc2cc(Cl)ccc2Cl)N(CC)C(=O)NC1c1ccc(C(C)C)cc1. The molecule has 8 heteroatoms. The summed E-state index contributed by atoms with van der Waals surface area (Å²) in [6.45, 7) is 8.27. The second kappa shape index (κ2) is 10.9. The maximum atomic E-state index is 13.1. The van der Waals surface area contributed by atoms with Gasteiger partial charge in [0.1, 0.15) is 12.4 Å². The highest BCUT2D eigenvalue weighted by Gasteiger charge is 2.38. The molecule has 1 N–H and O–H groups in total. The number of likely N-dealkylation sites (N-methyl/N-ethyl adjacent to an activating group) is 1. The summed E-state index contributed by atoms with van der Waals surface area (Å²) < 4.78 is 11.3. The van der Waals surface area contributed by atoms with Gasteiger partial charge >= 0.3 is 12.0 Å². The lowest BCUT2D eigenvalue weighted by Gasteiger charge is -2.36. The van der Waals surface area contributed by atoms with E-state index in [-0.39, 0.29) is 19.2 Å². The van der Waals surface area contributed by atoms with Crippen molar-refractivity contribution < 1.29 is 19.1 Å². The Morgan fingerprint density at radius 3 is 2.42 bits per heavy atom. The molecule has 1 atom stereocenters. The van der Waals surface area contributed by atoms with Gasteiger partial charge in [0.15, 0.2) is 0 Å². The van der Waals surface area contributed by atoms with Crippen LogP contribution in [0.15, 0.2) is 53.7 Å². The van der Waals surface area contributed by atoms with E-state index in [9.17, 15) is 9.59 Å². The molecule has 0 bridgehead atoms. The molecule has 2 amide bonds. The lowest BCUT2D eigenvalue weighted by molar-refractivity contribution is -0.139. The lowest BCUT2D eigenvalue weighted by atomic mass is 9.92. The standard InChI is InChI=1S/C25H28Cl2N2O4/c1-5-29-20(14-33-21-13-18(26)11-12-19(21)27)22(24(30)32-6-2)23(28-25(29)31)17-9-7-16(8-10-17)15(3)4/h7-13,15,23H,5-6,14H2,1-4H3,(H,28,31). The van der Waals surface area contributed by atoms with E-state index in [1.54, 1.807) is 25.1 Å². The molecule has 1 aliphatic rings. The van der Waals surface area contributed by atoms with Crippen molar-refractivity contribution in [3.8, 4) is 5.75 Å². The molecule has 1 aliphatic heterocycles. The second-order valence-corrected chi connectivity index (χ2v) is 8.74. The average molecular weight is 491 g/mol. The van der Waals surface area contributed by atoms with Crippen LogP contribution in [0.4, 0.5) is 4.79 Å². The number of ether oxygens (including phenoxy) is 2. The molecule has 1 heterocycles. The molecule has 2 aromatic rings. The smallest absolute Gasteiger partial charge is 0.338 e. The summed E-state index contributed by atoms with van der Waals surface area (Å²) in [5, 5.41) is 3.79. The highest BCUT2D eigenvalue weighted by molar-refractivity contribution is 6.34. The third-order valence-corrected chi connectivity index (χ3v) is 5.99. The highest BCUT2D eigenvalue weighted by Crippen LogP contribution is 2.34. The van der Waals surface area contributed by atoms with Crippen LogP contribution in [0.25, 0.3) is 0 Å². The fourth-order valence-electron chi connectivity index (χ4n) is 3.70. The first-order valence-corrected chi connectivity index (χ1v) is 11.7. The van der Waals surface area contributed by atoms with Gasteiger partial charge in [-0.3, -0.25) is 4.90 Å². The van der Waals surface area contributed by atoms with E-state index in [0.717, 1.165) is 11.1 Å². The van der Waals surface area contributed by atoms with Gasteiger partial charge in [-0.25, -0.2) is 9.59 Å². The minimum atomic E-state index is -0.672. The van der Waals surface area contributed by atoms with Gasteiger partial charge in [-0.05, 0) is 43.0 Å². The number of rotatable bonds is 8. The number of benzene rings is 2. The summed E-state index contributed by atoms with van der Waals surface area (Å²) in [6.07, 6.45) is 0. The molecular weight excluding hydrogens is 463 g/mol. The van der Waals surface area contributed by atoms with Crippen molar-refractivity contribution in [2.45, 2.75) is 39.7 Å². The van der Waals surface area contributed by atoms with Gasteiger partial charge in [0.25, 0.3) is 0 Å². The van der Waals surface area contributed by atoms with Crippen molar-refractivity contribution in [1.82, 2.24) is 10.2 Å². The summed E-state index contributed by atoms with van der Waals surface area (Å²) >= 11 is 12.3. The molecule has 6 nitrogen and oxygen atoms in total. The van der Waals surface area contributed by atoms with E-state index < -0.39 is 12.0 Å². The first-order valence-electron chi connectivity index (χ1n) is 10.9. The van der Waals surface area contributed by atoms with Crippen LogP contribution < -0.4 is 10.1 Å². The van der Waals surface area contributed by atoms with E-state index in [1.807, 2.05) is 31.2 Å². The van der Waals surface area contributed by atoms with E-state index in [0.29, 0.717) is 39.5 Å². The van der Waals surface area contributed by atoms with Crippen LogP contribution in [0.5, 0.6) is 5.75 Å². The van der Waals surface area contributed by atoms with Crippen molar-refractivity contribution in [3.63, 3.8) is 0 Å². The predicted octanol–water partition coefficient (Wildman–Crippen LogP) is 6.10. The van der Waals surface area contributed by atoms with Crippen molar-refractivity contribution in [1.29, 1.82) is 0 Å². The van der Waals surface area contributed by atoms with Gasteiger partial charge in [0.05, 0.1) is 28.9 Å². The van der Waals surface area contributed by atoms with Gasteiger partial charge in [-0.15, -0.1) is 0 Å². The average Bonchev–Trinajstić information content (AvgIpc) is 2.79. The zero-order chi connectivity index (χ0) is 24.1. The van der Waals surface area contributed by atoms with Crippen LogP contribution in [0.2, 0.25) is 10.0 Å². The minimum absolute atomic E-state index is 0.0595. The quantitative estimate of drug-likeness (QED) is 0.453. The molecule has 0 aromatic heterocycles. The molecule has 3 rings (SSSR count). The number of nitrogens with zero attached hydrogens (tertiary/aromatic N) is 1. The van der Waals surface area contributed by atoms with Crippen LogP contribution in [0.3, 0.4) is 0 Å². The van der Waals surface area contributed by atoms with E-state index >= 15 is 0 Å². The zero-order valence-electron chi connectivity index (χ0n) is 19.2. The van der Waals surface area contributed by atoms with Crippen LogP contribution in [-0.2, 0) is 9.53 Å². The normalized spacial score (nSPS) is 16.2. The maximum absolute atomic E-state index is 13.1. The Bertz CT molecular complexity index is 1050. The minimum Gasteiger partial charge on any atom is -0.486 e. The Labute approximate surface area is 204 Å². The Morgan fingerprint density at radius 1 is 1.12 bits per heavy atom. The van der Waals surface area contributed by atoms with E-state index in [2.05, 4.69) is 19.2 Å². The Morgan fingerprint density at radius 2 is 1.82 bits per heavy atom. The summed E-state index contributed by atoms with van der Waals surface area (Å²) in [6, 6.07) is 11.7. The monoisotopic (exact) mass is 490 g/mol. The predicted molar refractivity (Wildman–Crippen MR) is 130 cm³/mol. The summed E-state index contributed by atoms with van der Waals surface area (Å²) in [7, 11) is 0. The van der Waals surface area contributed by atoms with E-state index in [4.69, 9.17) is 32.7 Å². The van der Waals surface area contributed by atoms with Crippen LogP contribution in [0.1, 0.15) is 50.8 Å². The fourth-order valence-corrected chi connectivity index (χ4v) is 4.03. The zero-order valence-corrected chi connectivity index (χ0v) is 20.7. The molecule has 33 heavy (non-hydrogen) atoms. The molecule has 0 aliphatic carbocycles.